The Morgan fingerprint density at radius 1 is 1.26 bits per heavy atom. The van der Waals surface area contributed by atoms with Crippen LogP contribution in [-0.4, -0.2) is 26.3 Å². The Morgan fingerprint density at radius 2 is 2.06 bits per heavy atom. The smallest absolute Gasteiger partial charge is 0.192 e. The van der Waals surface area contributed by atoms with Gasteiger partial charge in [0.05, 0.1) is 12.6 Å². The molecular formula is C22H29IN6OS. The maximum absolute atomic E-state index is 6.18. The number of hydrogen-bond donors (Lipinski definition) is 2. The molecule has 1 unspecified atom stereocenters. The van der Waals surface area contributed by atoms with Crippen molar-refractivity contribution in [1.29, 1.82) is 0 Å². The van der Waals surface area contributed by atoms with Crippen molar-refractivity contribution in [3.05, 3.63) is 63.9 Å². The number of thiophene rings is 1. The second-order valence-electron chi connectivity index (χ2n) is 8.12. The molecule has 7 nitrogen and oxygen atoms in total. The maximum atomic E-state index is 6.18. The fraction of sp³-hybridized carbons (Fsp3) is 0.409. The Balaban J connectivity index is 0.00000272. The molecule has 0 bridgehead atoms. The zero-order valence-electron chi connectivity index (χ0n) is 18.3. The van der Waals surface area contributed by atoms with E-state index in [1.165, 1.54) is 4.88 Å². The summed E-state index contributed by atoms with van der Waals surface area (Å²) in [6.45, 7) is 7.35. The normalized spacial score (nSPS) is 17.3. The van der Waals surface area contributed by atoms with Gasteiger partial charge in [0.15, 0.2) is 11.8 Å². The largest absolute Gasteiger partial charge is 0.487 e. The first-order valence-electron chi connectivity index (χ1n) is 10.1. The number of aromatic nitrogens is 3. The van der Waals surface area contributed by atoms with Crippen molar-refractivity contribution in [2.45, 2.75) is 51.9 Å². The minimum atomic E-state index is -0.258. The zero-order valence-corrected chi connectivity index (χ0v) is 21.4. The number of aliphatic imine (C=N–C) groups is 1. The minimum Gasteiger partial charge on any atom is -0.487 e. The van der Waals surface area contributed by atoms with Crippen LogP contribution in [0.5, 0.6) is 5.75 Å². The number of ether oxygens (including phenoxy) is 1. The number of hydrogen-bond acceptors (Lipinski definition) is 5. The fourth-order valence-electron chi connectivity index (χ4n) is 3.57. The maximum Gasteiger partial charge on any atom is 0.192 e. The van der Waals surface area contributed by atoms with Gasteiger partial charge in [0.25, 0.3) is 0 Å². The second kappa shape index (κ2) is 9.99. The van der Waals surface area contributed by atoms with Crippen molar-refractivity contribution in [1.82, 2.24) is 25.4 Å². The van der Waals surface area contributed by atoms with Crippen molar-refractivity contribution < 1.29 is 4.74 Å². The van der Waals surface area contributed by atoms with Gasteiger partial charge in [0.1, 0.15) is 23.7 Å². The molecule has 4 rings (SSSR count). The molecule has 3 aromatic rings. The lowest BCUT2D eigenvalue weighted by Gasteiger charge is -2.38. The van der Waals surface area contributed by atoms with Crippen LogP contribution in [0.1, 0.15) is 48.4 Å². The molecule has 0 fully saturated rings. The summed E-state index contributed by atoms with van der Waals surface area (Å²) in [6, 6.07) is 12.5. The number of nitrogens with one attached hydrogen (secondary N) is 2. The lowest BCUT2D eigenvalue weighted by atomic mass is 9.90. The van der Waals surface area contributed by atoms with E-state index in [2.05, 4.69) is 58.3 Å². The third kappa shape index (κ3) is 5.76. The van der Waals surface area contributed by atoms with Crippen LogP contribution < -0.4 is 15.4 Å². The van der Waals surface area contributed by atoms with Crippen LogP contribution in [0, 0.1) is 6.92 Å². The molecule has 0 saturated carbocycles. The molecule has 2 aromatic heterocycles. The average molecular weight is 552 g/mol. The van der Waals surface area contributed by atoms with Gasteiger partial charge in [-0.2, -0.15) is 0 Å². The zero-order chi connectivity index (χ0) is 21.1. The van der Waals surface area contributed by atoms with E-state index in [0.29, 0.717) is 6.54 Å². The number of fused-ring (bicyclic) bond motifs is 1. The van der Waals surface area contributed by atoms with Gasteiger partial charge in [-0.1, -0.05) is 24.3 Å². The van der Waals surface area contributed by atoms with Gasteiger partial charge in [0.2, 0.25) is 0 Å². The summed E-state index contributed by atoms with van der Waals surface area (Å²) in [6.07, 6.45) is 0.840. The molecule has 9 heteroatoms. The van der Waals surface area contributed by atoms with E-state index < -0.39 is 0 Å². The summed E-state index contributed by atoms with van der Waals surface area (Å²) in [5, 5.41) is 17.6. The van der Waals surface area contributed by atoms with Gasteiger partial charge in [0, 0.05) is 23.9 Å². The van der Waals surface area contributed by atoms with E-state index in [-0.39, 0.29) is 35.6 Å². The summed E-state index contributed by atoms with van der Waals surface area (Å²) < 4.78 is 8.14. The van der Waals surface area contributed by atoms with Crippen molar-refractivity contribution in [2.75, 3.05) is 0 Å². The van der Waals surface area contributed by atoms with Crippen LogP contribution in [0.4, 0.5) is 0 Å². The molecule has 0 radical (unpaired) electrons. The van der Waals surface area contributed by atoms with Crippen LogP contribution in [0.3, 0.4) is 0 Å². The summed E-state index contributed by atoms with van der Waals surface area (Å²) >= 11 is 1.73. The Morgan fingerprint density at radius 3 is 2.77 bits per heavy atom. The topological polar surface area (TPSA) is 76.4 Å². The lowest BCUT2D eigenvalue weighted by Crippen LogP contribution is -2.45. The number of nitrogens with zero attached hydrogens (tertiary/aromatic N) is 4. The highest BCUT2D eigenvalue weighted by atomic mass is 127. The molecule has 3 heterocycles. The number of halogens is 1. The van der Waals surface area contributed by atoms with E-state index in [9.17, 15) is 0 Å². The Hall–Kier alpha value is -2.14. The van der Waals surface area contributed by atoms with Gasteiger partial charge in [-0.25, -0.2) is 4.99 Å². The van der Waals surface area contributed by atoms with Crippen molar-refractivity contribution >= 4 is 41.3 Å². The predicted molar refractivity (Wildman–Crippen MR) is 135 cm³/mol. The molecule has 1 aliphatic heterocycles. The highest BCUT2D eigenvalue weighted by Gasteiger charge is 2.34. The molecule has 1 aromatic carbocycles. The van der Waals surface area contributed by atoms with Crippen molar-refractivity contribution in [3.63, 3.8) is 0 Å². The molecule has 2 N–H and O–H groups in total. The molecule has 0 aliphatic carbocycles. The van der Waals surface area contributed by atoms with Gasteiger partial charge < -0.3 is 19.9 Å². The first-order valence-corrected chi connectivity index (χ1v) is 11.0. The molecule has 31 heavy (non-hydrogen) atoms. The monoisotopic (exact) mass is 552 g/mol. The van der Waals surface area contributed by atoms with E-state index in [0.717, 1.165) is 41.9 Å². The van der Waals surface area contributed by atoms with Gasteiger partial charge >= 0.3 is 0 Å². The SMILES string of the molecule is Cc1nnc(CN=C(NCc2cccs2)NC2CC(C)(C)Oc3ccccc32)n1C.I. The number of aryl methyl sites for hydroxylation is 1. The quantitative estimate of drug-likeness (QED) is 0.280. The van der Waals surface area contributed by atoms with Crippen LogP contribution in [0.15, 0.2) is 46.8 Å². The fourth-order valence-corrected chi connectivity index (χ4v) is 4.22. The average Bonchev–Trinajstić information content (AvgIpc) is 3.34. The third-order valence-corrected chi connectivity index (χ3v) is 6.14. The number of rotatable bonds is 5. The van der Waals surface area contributed by atoms with Crippen molar-refractivity contribution in [3.8, 4) is 5.75 Å². The van der Waals surface area contributed by atoms with E-state index >= 15 is 0 Å². The molecule has 166 valence electrons. The number of para-hydroxylation sites is 1. The molecule has 1 atom stereocenters. The van der Waals surface area contributed by atoms with Crippen molar-refractivity contribution in [2.24, 2.45) is 12.0 Å². The first kappa shape index (κ1) is 23.5. The van der Waals surface area contributed by atoms with Crippen LogP contribution in [0.2, 0.25) is 0 Å². The summed E-state index contributed by atoms with van der Waals surface area (Å²) in [5.41, 5.74) is 0.892. The Kier molecular flexibility index (Phi) is 7.58. The third-order valence-electron chi connectivity index (χ3n) is 5.26. The van der Waals surface area contributed by atoms with Crippen LogP contribution >= 0.6 is 35.3 Å². The Bertz CT molecular complexity index is 1030. The summed E-state index contributed by atoms with van der Waals surface area (Å²) in [4.78, 5) is 6.07. The first-order chi connectivity index (χ1) is 14.4. The van der Waals surface area contributed by atoms with Crippen LogP contribution in [0.25, 0.3) is 0 Å². The molecular weight excluding hydrogens is 523 g/mol. The van der Waals surface area contributed by atoms with E-state index in [4.69, 9.17) is 9.73 Å². The predicted octanol–water partition coefficient (Wildman–Crippen LogP) is 4.34. The lowest BCUT2D eigenvalue weighted by molar-refractivity contribution is 0.0694. The minimum absolute atomic E-state index is 0. The molecule has 0 spiro atoms. The highest BCUT2D eigenvalue weighted by Crippen LogP contribution is 2.39. The van der Waals surface area contributed by atoms with Gasteiger partial charge in [-0.05, 0) is 38.3 Å². The Labute approximate surface area is 204 Å². The summed E-state index contributed by atoms with van der Waals surface area (Å²) in [7, 11) is 1.96. The molecule has 0 saturated heterocycles. The number of guanidine groups is 1. The highest BCUT2D eigenvalue weighted by molar-refractivity contribution is 14.0. The van der Waals surface area contributed by atoms with Gasteiger partial charge in [-0.3, -0.25) is 0 Å². The van der Waals surface area contributed by atoms with Crippen LogP contribution in [-0.2, 0) is 20.1 Å². The second-order valence-corrected chi connectivity index (χ2v) is 9.15. The molecule has 0 amide bonds. The summed E-state index contributed by atoms with van der Waals surface area (Å²) in [5.74, 6) is 3.38. The van der Waals surface area contributed by atoms with E-state index in [1.54, 1.807) is 11.3 Å². The standard InChI is InChI=1S/C22H28N6OS.HI/c1-15-26-27-20(28(15)4)14-24-21(23-13-16-8-7-11-30-16)25-18-12-22(2,3)29-19-10-6-5-9-17(18)19;/h5-11,18H,12-14H2,1-4H3,(H2,23,24,25);1H. The number of benzene rings is 1. The molecule has 1 aliphatic rings. The van der Waals surface area contributed by atoms with Gasteiger partial charge in [-0.15, -0.1) is 45.5 Å². The van der Waals surface area contributed by atoms with E-state index in [1.807, 2.05) is 36.7 Å².